The van der Waals surface area contributed by atoms with Crippen LogP contribution in [0.25, 0.3) is 11.3 Å². The van der Waals surface area contributed by atoms with E-state index >= 15 is 0 Å². The van der Waals surface area contributed by atoms with Gasteiger partial charge in [-0.2, -0.15) is 18.3 Å². The smallest absolute Gasteiger partial charge is 0.408 e. The van der Waals surface area contributed by atoms with Gasteiger partial charge in [-0.3, -0.25) is 9.48 Å². The van der Waals surface area contributed by atoms with Crippen LogP contribution in [0.4, 0.5) is 18.9 Å². The molecule has 1 amide bonds. The Hall–Kier alpha value is -2.46. The molecule has 1 atom stereocenters. The van der Waals surface area contributed by atoms with Gasteiger partial charge in [-0.15, -0.1) is 0 Å². The van der Waals surface area contributed by atoms with Crippen LogP contribution in [0.5, 0.6) is 5.75 Å². The number of carbonyl (C=O) groups excluding carboxylic acids is 1. The van der Waals surface area contributed by atoms with Gasteiger partial charge in [-0.05, 0) is 71.4 Å². The third-order valence-corrected chi connectivity index (χ3v) is 7.15. The first-order valence-corrected chi connectivity index (χ1v) is 12.7. The molecule has 3 rings (SSSR count). The van der Waals surface area contributed by atoms with Gasteiger partial charge in [0.15, 0.2) is 5.69 Å². The number of rotatable bonds is 7. The van der Waals surface area contributed by atoms with Crippen molar-refractivity contribution in [1.82, 2.24) is 15.1 Å². The zero-order chi connectivity index (χ0) is 27.8. The van der Waals surface area contributed by atoms with Crippen molar-refractivity contribution in [3.8, 4) is 17.0 Å². The van der Waals surface area contributed by atoms with Crippen molar-refractivity contribution in [3.05, 3.63) is 28.9 Å². The van der Waals surface area contributed by atoms with Crippen molar-refractivity contribution < 1.29 is 27.8 Å². The Morgan fingerprint density at radius 3 is 2.46 bits per heavy atom. The van der Waals surface area contributed by atoms with Gasteiger partial charge in [-0.25, -0.2) is 0 Å². The molecular formula is C26H36ClF3N4O3. The SMILES string of the molecule is COc1cc(N[C@H](C)C(F)(F)F)ccc1-c1c(Cl)c(C(=O)NCC2(O)CCC(C)CC2)nn1C(C)(C)C. The summed E-state index contributed by atoms with van der Waals surface area (Å²) in [6, 6.07) is 2.77. The van der Waals surface area contributed by atoms with Crippen LogP contribution in [0.1, 0.15) is 70.8 Å². The first-order chi connectivity index (χ1) is 17.1. The highest BCUT2D eigenvalue weighted by atomic mass is 35.5. The number of halogens is 4. The van der Waals surface area contributed by atoms with Crippen molar-refractivity contribution in [1.29, 1.82) is 0 Å². The highest BCUT2D eigenvalue weighted by Crippen LogP contribution is 2.41. The van der Waals surface area contributed by atoms with Crippen molar-refractivity contribution in [2.75, 3.05) is 19.0 Å². The lowest BCUT2D eigenvalue weighted by molar-refractivity contribution is -0.138. The molecule has 7 nitrogen and oxygen atoms in total. The molecule has 206 valence electrons. The number of amides is 1. The van der Waals surface area contributed by atoms with E-state index in [0.717, 1.165) is 19.8 Å². The van der Waals surface area contributed by atoms with Crippen molar-refractivity contribution in [2.45, 2.75) is 83.7 Å². The minimum atomic E-state index is -4.41. The molecule has 2 aromatic rings. The van der Waals surface area contributed by atoms with Crippen LogP contribution >= 0.6 is 11.6 Å². The lowest BCUT2D eigenvalue weighted by atomic mass is 9.79. The van der Waals surface area contributed by atoms with Crippen LogP contribution in [-0.2, 0) is 5.54 Å². The summed E-state index contributed by atoms with van der Waals surface area (Å²) in [5.74, 6) is 0.297. The van der Waals surface area contributed by atoms with Gasteiger partial charge in [0.2, 0.25) is 0 Å². The summed E-state index contributed by atoms with van der Waals surface area (Å²) in [5.41, 5.74) is -0.479. The average Bonchev–Trinajstić information content (AvgIpc) is 3.16. The second kappa shape index (κ2) is 10.7. The van der Waals surface area contributed by atoms with E-state index in [1.165, 1.54) is 19.2 Å². The Kier molecular flexibility index (Phi) is 8.44. The number of hydrogen-bond acceptors (Lipinski definition) is 5. The predicted octanol–water partition coefficient (Wildman–Crippen LogP) is 6.00. The molecule has 37 heavy (non-hydrogen) atoms. The summed E-state index contributed by atoms with van der Waals surface area (Å²) in [6.07, 6.45) is -1.42. The lowest BCUT2D eigenvalue weighted by Gasteiger charge is -2.34. The number of alkyl halides is 3. The minimum absolute atomic E-state index is 0.00526. The van der Waals surface area contributed by atoms with Gasteiger partial charge in [-0.1, -0.05) is 18.5 Å². The number of methoxy groups -OCH3 is 1. The molecule has 0 bridgehead atoms. The van der Waals surface area contributed by atoms with Crippen molar-refractivity contribution in [2.24, 2.45) is 5.92 Å². The number of ether oxygens (including phenoxy) is 1. The Morgan fingerprint density at radius 1 is 1.30 bits per heavy atom. The molecule has 1 aliphatic rings. The molecular weight excluding hydrogens is 509 g/mol. The van der Waals surface area contributed by atoms with Gasteiger partial charge in [0.1, 0.15) is 11.8 Å². The van der Waals surface area contributed by atoms with Crippen molar-refractivity contribution in [3.63, 3.8) is 0 Å². The number of nitrogens with one attached hydrogen (secondary N) is 2. The largest absolute Gasteiger partial charge is 0.496 e. The van der Waals surface area contributed by atoms with E-state index in [-0.39, 0.29) is 28.7 Å². The maximum absolute atomic E-state index is 13.1. The van der Waals surface area contributed by atoms with Crippen LogP contribution in [0.15, 0.2) is 18.2 Å². The van der Waals surface area contributed by atoms with Crippen LogP contribution in [0, 0.1) is 5.92 Å². The summed E-state index contributed by atoms with van der Waals surface area (Å²) < 4.78 is 46.2. The maximum atomic E-state index is 13.1. The topological polar surface area (TPSA) is 88.4 Å². The molecule has 1 saturated carbocycles. The van der Waals surface area contributed by atoms with Crippen LogP contribution in [0.2, 0.25) is 5.02 Å². The van der Waals surface area contributed by atoms with E-state index in [4.69, 9.17) is 16.3 Å². The Labute approximate surface area is 220 Å². The fraction of sp³-hybridized carbons (Fsp3) is 0.615. The third-order valence-electron chi connectivity index (χ3n) is 6.79. The normalized spacial score (nSPS) is 21.4. The van der Waals surface area contributed by atoms with E-state index < -0.39 is 29.3 Å². The molecule has 11 heteroatoms. The molecule has 1 aromatic heterocycles. The van der Waals surface area contributed by atoms with Gasteiger partial charge < -0.3 is 20.5 Å². The van der Waals surface area contributed by atoms with E-state index in [0.29, 0.717) is 30.0 Å². The Balaban J connectivity index is 1.95. The summed E-state index contributed by atoms with van der Waals surface area (Å²) in [7, 11) is 1.40. The number of aromatic nitrogens is 2. The molecule has 1 aromatic carbocycles. The number of nitrogens with zero attached hydrogens (tertiary/aromatic N) is 2. The molecule has 1 heterocycles. The first-order valence-electron chi connectivity index (χ1n) is 12.4. The molecule has 3 N–H and O–H groups in total. The van der Waals surface area contributed by atoms with E-state index in [2.05, 4.69) is 22.7 Å². The molecule has 0 radical (unpaired) electrons. The average molecular weight is 545 g/mol. The van der Waals surface area contributed by atoms with E-state index in [1.807, 2.05) is 20.8 Å². The number of anilines is 1. The minimum Gasteiger partial charge on any atom is -0.496 e. The Morgan fingerprint density at radius 2 is 1.92 bits per heavy atom. The van der Waals surface area contributed by atoms with Crippen LogP contribution in [-0.4, -0.2) is 52.3 Å². The zero-order valence-corrected chi connectivity index (χ0v) is 22.8. The lowest BCUT2D eigenvalue weighted by Crippen LogP contribution is -2.45. The number of carbonyl (C=O) groups is 1. The van der Waals surface area contributed by atoms with Crippen molar-refractivity contribution >= 4 is 23.2 Å². The van der Waals surface area contributed by atoms with Gasteiger partial charge in [0, 0.05) is 23.9 Å². The maximum Gasteiger partial charge on any atom is 0.408 e. The highest BCUT2D eigenvalue weighted by molar-refractivity contribution is 6.36. The Bertz CT molecular complexity index is 1120. The molecule has 0 unspecified atom stereocenters. The second-order valence-electron chi connectivity index (χ2n) is 11.0. The first kappa shape index (κ1) is 29.1. The standard InChI is InChI=1S/C26H36ClF3N4O3/c1-15-9-11-25(36,12-10-15)14-31-23(35)21-20(27)22(34(33-21)24(3,4)5)18-8-7-17(13-19(18)37-6)32-16(2)26(28,29)30/h7-8,13,15-16,32,36H,9-12,14H2,1-6H3,(H,31,35)/t15?,16-,25?/m1/s1. The molecule has 1 fully saturated rings. The number of aliphatic hydroxyl groups is 1. The quantitative estimate of drug-likeness (QED) is 0.398. The summed E-state index contributed by atoms with van der Waals surface area (Å²) in [5, 5.41) is 20.7. The zero-order valence-electron chi connectivity index (χ0n) is 22.1. The number of hydrogen-bond donors (Lipinski definition) is 3. The molecule has 0 aliphatic heterocycles. The second-order valence-corrected chi connectivity index (χ2v) is 11.4. The van der Waals surface area contributed by atoms with Gasteiger partial charge in [0.25, 0.3) is 5.91 Å². The van der Waals surface area contributed by atoms with Gasteiger partial charge >= 0.3 is 6.18 Å². The molecule has 1 aliphatic carbocycles. The number of benzene rings is 1. The molecule has 0 spiro atoms. The summed E-state index contributed by atoms with van der Waals surface area (Å²) in [6.45, 7) is 8.93. The monoisotopic (exact) mass is 544 g/mol. The third kappa shape index (κ3) is 6.71. The highest BCUT2D eigenvalue weighted by Gasteiger charge is 2.37. The fourth-order valence-electron chi connectivity index (χ4n) is 4.38. The summed E-state index contributed by atoms with van der Waals surface area (Å²) >= 11 is 6.73. The fourth-order valence-corrected chi connectivity index (χ4v) is 4.68. The van der Waals surface area contributed by atoms with Crippen LogP contribution < -0.4 is 15.4 Å². The van der Waals surface area contributed by atoms with Crippen LogP contribution in [0.3, 0.4) is 0 Å². The molecule has 0 saturated heterocycles. The van der Waals surface area contributed by atoms with Gasteiger partial charge in [0.05, 0.1) is 29.0 Å². The van der Waals surface area contributed by atoms with E-state index in [9.17, 15) is 23.1 Å². The predicted molar refractivity (Wildman–Crippen MR) is 138 cm³/mol. The van der Waals surface area contributed by atoms with E-state index in [1.54, 1.807) is 10.7 Å². The summed E-state index contributed by atoms with van der Waals surface area (Å²) in [4.78, 5) is 13.1.